The first-order valence-electron chi connectivity index (χ1n) is 5.75. The van der Waals surface area contributed by atoms with E-state index < -0.39 is 4.92 Å². The van der Waals surface area contributed by atoms with Crippen LogP contribution in [-0.4, -0.2) is 31.2 Å². The minimum absolute atomic E-state index is 0.0659. The Balaban J connectivity index is 1.98. The van der Waals surface area contributed by atoms with Crippen LogP contribution in [0.2, 0.25) is 0 Å². The summed E-state index contributed by atoms with van der Waals surface area (Å²) in [5, 5.41) is 21.6. The van der Waals surface area contributed by atoms with Crippen LogP contribution in [0.1, 0.15) is 11.4 Å². The number of aryl methyl sites for hydroxylation is 2. The summed E-state index contributed by atoms with van der Waals surface area (Å²) in [5.41, 5.74) is 0.611. The summed E-state index contributed by atoms with van der Waals surface area (Å²) >= 11 is 0. The fraction of sp³-hybridized carbons (Fsp3) is 0.364. The van der Waals surface area contributed by atoms with E-state index in [0.717, 1.165) is 5.82 Å². The standard InChI is InChI=1S/C11H14N6O2/c1-8-6-13-10(5-9(8)17(18)19)12-4-3-11-15-14-7-16(11)2/h5-7H,3-4H2,1-2H3,(H,12,13). The Hall–Kier alpha value is -2.51. The molecule has 0 unspecified atom stereocenters. The average molecular weight is 262 g/mol. The van der Waals surface area contributed by atoms with Crippen molar-refractivity contribution < 1.29 is 4.92 Å². The molecule has 0 aliphatic carbocycles. The monoisotopic (exact) mass is 262 g/mol. The van der Waals surface area contributed by atoms with Gasteiger partial charge in [0.2, 0.25) is 0 Å². The molecule has 8 heteroatoms. The van der Waals surface area contributed by atoms with Crippen LogP contribution in [0.4, 0.5) is 11.5 Å². The molecule has 0 spiro atoms. The molecule has 0 amide bonds. The highest BCUT2D eigenvalue weighted by Gasteiger charge is 2.11. The highest BCUT2D eigenvalue weighted by molar-refractivity contribution is 5.48. The number of hydrogen-bond acceptors (Lipinski definition) is 6. The molecule has 0 aromatic carbocycles. The first-order valence-corrected chi connectivity index (χ1v) is 5.75. The van der Waals surface area contributed by atoms with Crippen molar-refractivity contribution in [3.8, 4) is 0 Å². The van der Waals surface area contributed by atoms with Crippen molar-refractivity contribution in [2.24, 2.45) is 7.05 Å². The van der Waals surface area contributed by atoms with Crippen molar-refractivity contribution in [3.63, 3.8) is 0 Å². The zero-order chi connectivity index (χ0) is 13.8. The summed E-state index contributed by atoms with van der Waals surface area (Å²) in [6, 6.07) is 1.44. The summed E-state index contributed by atoms with van der Waals surface area (Å²) in [6.45, 7) is 2.24. The van der Waals surface area contributed by atoms with Crippen LogP contribution < -0.4 is 5.32 Å². The predicted octanol–water partition coefficient (Wildman–Crippen LogP) is 1.08. The van der Waals surface area contributed by atoms with Crippen molar-refractivity contribution in [3.05, 3.63) is 40.1 Å². The van der Waals surface area contributed by atoms with Gasteiger partial charge < -0.3 is 9.88 Å². The Morgan fingerprint density at radius 2 is 2.32 bits per heavy atom. The molecule has 0 saturated heterocycles. The van der Waals surface area contributed by atoms with E-state index in [1.165, 1.54) is 12.3 Å². The minimum atomic E-state index is -0.412. The molecular formula is C11H14N6O2. The van der Waals surface area contributed by atoms with E-state index in [9.17, 15) is 10.1 Å². The predicted molar refractivity (Wildman–Crippen MR) is 68.8 cm³/mol. The summed E-state index contributed by atoms with van der Waals surface area (Å²) in [7, 11) is 1.87. The van der Waals surface area contributed by atoms with Crippen molar-refractivity contribution in [1.82, 2.24) is 19.7 Å². The van der Waals surface area contributed by atoms with Crippen LogP contribution >= 0.6 is 0 Å². The second-order valence-corrected chi connectivity index (χ2v) is 4.15. The molecular weight excluding hydrogens is 248 g/mol. The van der Waals surface area contributed by atoms with Gasteiger partial charge in [-0.15, -0.1) is 10.2 Å². The van der Waals surface area contributed by atoms with Crippen LogP contribution in [0, 0.1) is 17.0 Å². The Kier molecular flexibility index (Phi) is 3.69. The number of nitrogens with one attached hydrogen (secondary N) is 1. The molecule has 2 rings (SSSR count). The molecule has 2 heterocycles. The van der Waals surface area contributed by atoms with Gasteiger partial charge in [-0.1, -0.05) is 0 Å². The average Bonchev–Trinajstić information content (AvgIpc) is 2.77. The van der Waals surface area contributed by atoms with Crippen molar-refractivity contribution >= 4 is 11.5 Å². The van der Waals surface area contributed by atoms with Gasteiger partial charge in [0.1, 0.15) is 18.0 Å². The summed E-state index contributed by atoms with van der Waals surface area (Å²) in [6.07, 6.45) is 3.78. The highest BCUT2D eigenvalue weighted by atomic mass is 16.6. The summed E-state index contributed by atoms with van der Waals surface area (Å²) in [5.74, 6) is 1.33. The van der Waals surface area contributed by atoms with Gasteiger partial charge in [-0.25, -0.2) is 4.98 Å². The fourth-order valence-electron chi connectivity index (χ4n) is 1.64. The third-order valence-electron chi connectivity index (χ3n) is 2.73. The maximum absolute atomic E-state index is 10.8. The second kappa shape index (κ2) is 5.42. The summed E-state index contributed by atoms with van der Waals surface area (Å²) in [4.78, 5) is 14.5. The molecule has 0 saturated carbocycles. The maximum Gasteiger partial charge on any atom is 0.277 e. The number of nitro groups is 1. The van der Waals surface area contributed by atoms with Crippen LogP contribution in [0.5, 0.6) is 0 Å². The Morgan fingerprint density at radius 3 is 2.95 bits per heavy atom. The first kappa shape index (κ1) is 12.9. The van der Waals surface area contributed by atoms with Crippen LogP contribution in [0.25, 0.3) is 0 Å². The molecule has 0 fully saturated rings. The first-order chi connectivity index (χ1) is 9.08. The number of anilines is 1. The molecule has 0 radical (unpaired) electrons. The Morgan fingerprint density at radius 1 is 1.53 bits per heavy atom. The fourth-order valence-corrected chi connectivity index (χ4v) is 1.64. The van der Waals surface area contributed by atoms with E-state index >= 15 is 0 Å². The van der Waals surface area contributed by atoms with Gasteiger partial charge in [0, 0.05) is 31.8 Å². The normalized spacial score (nSPS) is 10.4. The molecule has 1 N–H and O–H groups in total. The molecule has 0 bridgehead atoms. The van der Waals surface area contributed by atoms with Gasteiger partial charge in [0.25, 0.3) is 5.69 Å². The molecule has 2 aromatic rings. The van der Waals surface area contributed by atoms with E-state index in [0.29, 0.717) is 24.3 Å². The number of nitrogens with zero attached hydrogens (tertiary/aromatic N) is 5. The van der Waals surface area contributed by atoms with Gasteiger partial charge >= 0.3 is 0 Å². The maximum atomic E-state index is 10.8. The molecule has 2 aromatic heterocycles. The topological polar surface area (TPSA) is 98.8 Å². The van der Waals surface area contributed by atoms with E-state index in [1.54, 1.807) is 13.3 Å². The van der Waals surface area contributed by atoms with Crippen LogP contribution in [0.15, 0.2) is 18.6 Å². The molecule has 100 valence electrons. The smallest absolute Gasteiger partial charge is 0.277 e. The molecule has 0 atom stereocenters. The van der Waals surface area contributed by atoms with Gasteiger partial charge in [-0.05, 0) is 6.92 Å². The largest absolute Gasteiger partial charge is 0.369 e. The van der Waals surface area contributed by atoms with Gasteiger partial charge in [-0.2, -0.15) is 0 Å². The number of rotatable bonds is 5. The zero-order valence-corrected chi connectivity index (χ0v) is 10.7. The quantitative estimate of drug-likeness (QED) is 0.639. The number of pyridine rings is 1. The SMILES string of the molecule is Cc1cnc(NCCc2nncn2C)cc1[N+](=O)[O-]. The molecule has 0 aliphatic heterocycles. The van der Waals surface area contributed by atoms with Crippen LogP contribution in [-0.2, 0) is 13.5 Å². The van der Waals surface area contributed by atoms with E-state index in [4.69, 9.17) is 0 Å². The second-order valence-electron chi connectivity index (χ2n) is 4.15. The van der Waals surface area contributed by atoms with Crippen molar-refractivity contribution in [2.45, 2.75) is 13.3 Å². The third-order valence-corrected chi connectivity index (χ3v) is 2.73. The van der Waals surface area contributed by atoms with Gasteiger partial charge in [0.15, 0.2) is 0 Å². The van der Waals surface area contributed by atoms with Crippen molar-refractivity contribution in [1.29, 1.82) is 0 Å². The minimum Gasteiger partial charge on any atom is -0.369 e. The van der Waals surface area contributed by atoms with E-state index in [2.05, 4.69) is 20.5 Å². The Bertz CT molecular complexity index is 595. The molecule has 0 aliphatic rings. The lowest BCUT2D eigenvalue weighted by molar-refractivity contribution is -0.385. The third kappa shape index (κ3) is 3.03. The molecule has 8 nitrogen and oxygen atoms in total. The van der Waals surface area contributed by atoms with Crippen LogP contribution in [0.3, 0.4) is 0 Å². The van der Waals surface area contributed by atoms with E-state index in [1.807, 2.05) is 11.6 Å². The molecule has 19 heavy (non-hydrogen) atoms. The lowest BCUT2D eigenvalue weighted by atomic mass is 10.2. The number of aromatic nitrogens is 4. The Labute approximate surface area is 109 Å². The zero-order valence-electron chi connectivity index (χ0n) is 10.7. The highest BCUT2D eigenvalue weighted by Crippen LogP contribution is 2.19. The van der Waals surface area contributed by atoms with Crippen molar-refractivity contribution in [2.75, 3.05) is 11.9 Å². The number of hydrogen-bond donors (Lipinski definition) is 1. The van der Waals surface area contributed by atoms with Gasteiger partial charge in [-0.3, -0.25) is 10.1 Å². The lowest BCUT2D eigenvalue weighted by Gasteiger charge is -2.05. The lowest BCUT2D eigenvalue weighted by Crippen LogP contribution is -2.10. The van der Waals surface area contributed by atoms with Gasteiger partial charge in [0.05, 0.1) is 11.0 Å². The summed E-state index contributed by atoms with van der Waals surface area (Å²) < 4.78 is 1.83. The van der Waals surface area contributed by atoms with E-state index in [-0.39, 0.29) is 5.69 Å².